The summed E-state index contributed by atoms with van der Waals surface area (Å²) in [6, 6.07) is 2.02. The van der Waals surface area contributed by atoms with Gasteiger partial charge < -0.3 is 0 Å². The van der Waals surface area contributed by atoms with Crippen LogP contribution in [-0.4, -0.2) is 9.78 Å². The topological polar surface area (TPSA) is 17.8 Å². The summed E-state index contributed by atoms with van der Waals surface area (Å²) in [5.74, 6) is 0.804. The molecule has 2 nitrogen and oxygen atoms in total. The van der Waals surface area contributed by atoms with E-state index in [1.54, 1.807) is 0 Å². The zero-order valence-electron chi connectivity index (χ0n) is 6.17. The third-order valence-corrected chi connectivity index (χ3v) is 1.98. The molecule has 1 radical (unpaired) electrons. The quantitative estimate of drug-likeness (QED) is 0.602. The minimum Gasteiger partial charge on any atom is -0.269 e. The highest BCUT2D eigenvalue weighted by atomic mass is 15.3. The molecule has 0 spiro atoms. The minimum atomic E-state index is 0.804. The van der Waals surface area contributed by atoms with E-state index in [1.165, 1.54) is 18.5 Å². The second-order valence-corrected chi connectivity index (χ2v) is 2.79. The smallest absolute Gasteiger partial charge is 0.113 e. The van der Waals surface area contributed by atoms with Gasteiger partial charge in [-0.05, 0) is 25.8 Å². The third-order valence-electron chi connectivity index (χ3n) is 1.98. The highest BCUT2D eigenvalue weighted by Gasteiger charge is 2.26. The Morgan fingerprint density at radius 2 is 2.60 bits per heavy atom. The molecule has 1 saturated carbocycles. The van der Waals surface area contributed by atoms with Gasteiger partial charge in [0.25, 0.3) is 0 Å². The average molecular weight is 135 g/mol. The molecule has 0 unspecified atom stereocenters. The summed E-state index contributed by atoms with van der Waals surface area (Å²) in [5, 5.41) is 4.09. The number of aromatic nitrogens is 2. The average Bonchev–Trinajstić information content (AvgIpc) is 2.69. The summed E-state index contributed by atoms with van der Waals surface area (Å²) in [5.41, 5.74) is 1.38. The van der Waals surface area contributed by atoms with E-state index in [0.29, 0.717) is 0 Å². The molecule has 0 N–H and O–H groups in total. The first-order chi connectivity index (χ1) is 4.92. The standard InChI is InChI=1S/C8H11N2/c1-2-10-8(5-6-9-10)7-3-4-7/h5,7H,2-4H2,1H3. The van der Waals surface area contributed by atoms with E-state index in [2.05, 4.69) is 18.2 Å². The maximum absolute atomic E-state index is 4.09. The summed E-state index contributed by atoms with van der Waals surface area (Å²) >= 11 is 0. The molecule has 1 aliphatic rings. The van der Waals surface area contributed by atoms with Crippen LogP contribution in [0.5, 0.6) is 0 Å². The molecule has 1 heterocycles. The van der Waals surface area contributed by atoms with Gasteiger partial charge in [-0.15, -0.1) is 0 Å². The van der Waals surface area contributed by atoms with Crippen molar-refractivity contribution < 1.29 is 0 Å². The van der Waals surface area contributed by atoms with Crippen LogP contribution in [0, 0.1) is 6.20 Å². The molecular weight excluding hydrogens is 124 g/mol. The van der Waals surface area contributed by atoms with Gasteiger partial charge in [0.1, 0.15) is 6.20 Å². The normalized spacial score (nSPS) is 17.7. The zero-order valence-corrected chi connectivity index (χ0v) is 6.17. The Morgan fingerprint density at radius 1 is 1.80 bits per heavy atom. The SMILES string of the molecule is CCn1n[c]cc1C1CC1. The number of hydrogen-bond acceptors (Lipinski definition) is 1. The van der Waals surface area contributed by atoms with Gasteiger partial charge in [0.15, 0.2) is 0 Å². The summed E-state index contributed by atoms with van der Waals surface area (Å²) < 4.78 is 2.04. The van der Waals surface area contributed by atoms with Crippen molar-refractivity contribution in [2.45, 2.75) is 32.2 Å². The molecule has 2 rings (SSSR count). The van der Waals surface area contributed by atoms with E-state index in [0.717, 1.165) is 12.5 Å². The highest BCUT2D eigenvalue weighted by Crippen LogP contribution is 2.39. The first-order valence-electron chi connectivity index (χ1n) is 3.85. The first-order valence-corrected chi connectivity index (χ1v) is 3.85. The fourth-order valence-electron chi connectivity index (χ4n) is 1.26. The van der Waals surface area contributed by atoms with Crippen LogP contribution in [0.4, 0.5) is 0 Å². The van der Waals surface area contributed by atoms with Gasteiger partial charge in [-0.2, -0.15) is 5.10 Å². The van der Waals surface area contributed by atoms with Crippen LogP contribution in [-0.2, 0) is 6.54 Å². The van der Waals surface area contributed by atoms with Crippen LogP contribution in [0.2, 0.25) is 0 Å². The molecule has 0 atom stereocenters. The lowest BCUT2D eigenvalue weighted by Gasteiger charge is -2.00. The predicted octanol–water partition coefficient (Wildman–Crippen LogP) is 1.58. The molecular formula is C8H11N2. The number of rotatable bonds is 2. The highest BCUT2D eigenvalue weighted by molar-refractivity contribution is 5.12. The lowest BCUT2D eigenvalue weighted by molar-refractivity contribution is 0.622. The lowest BCUT2D eigenvalue weighted by Crippen LogP contribution is -2.00. The van der Waals surface area contributed by atoms with Crippen molar-refractivity contribution >= 4 is 0 Å². The Balaban J connectivity index is 2.28. The second kappa shape index (κ2) is 2.11. The molecule has 0 bridgehead atoms. The largest absolute Gasteiger partial charge is 0.269 e. The predicted molar refractivity (Wildman–Crippen MR) is 38.7 cm³/mol. The summed E-state index contributed by atoms with van der Waals surface area (Å²) in [6.07, 6.45) is 5.58. The third kappa shape index (κ3) is 0.838. The Hall–Kier alpha value is -0.790. The molecule has 53 valence electrons. The number of hydrogen-bond donors (Lipinski definition) is 0. The number of nitrogens with zero attached hydrogens (tertiary/aromatic N) is 2. The fraction of sp³-hybridized carbons (Fsp3) is 0.625. The van der Waals surface area contributed by atoms with Gasteiger partial charge in [-0.3, -0.25) is 4.68 Å². The molecule has 2 heteroatoms. The van der Waals surface area contributed by atoms with Gasteiger partial charge in [-0.1, -0.05) is 0 Å². The monoisotopic (exact) mass is 135 g/mol. The molecule has 1 aromatic rings. The van der Waals surface area contributed by atoms with Crippen molar-refractivity contribution in [3.05, 3.63) is 18.0 Å². The van der Waals surface area contributed by atoms with Crippen LogP contribution in [0.15, 0.2) is 6.07 Å². The van der Waals surface area contributed by atoms with E-state index in [-0.39, 0.29) is 0 Å². The molecule has 10 heavy (non-hydrogen) atoms. The summed E-state index contributed by atoms with van der Waals surface area (Å²) in [6.45, 7) is 3.10. The van der Waals surface area contributed by atoms with Crippen molar-refractivity contribution in [3.8, 4) is 0 Å². The van der Waals surface area contributed by atoms with Crippen LogP contribution >= 0.6 is 0 Å². The van der Waals surface area contributed by atoms with Crippen molar-refractivity contribution in [1.29, 1.82) is 0 Å². The fourth-order valence-corrected chi connectivity index (χ4v) is 1.26. The van der Waals surface area contributed by atoms with E-state index >= 15 is 0 Å². The minimum absolute atomic E-state index is 0.804. The van der Waals surface area contributed by atoms with E-state index in [4.69, 9.17) is 0 Å². The molecule has 1 aliphatic carbocycles. The molecule has 1 fully saturated rings. The molecule has 0 aromatic carbocycles. The lowest BCUT2D eigenvalue weighted by atomic mass is 10.3. The Labute approximate surface area is 60.9 Å². The summed E-state index contributed by atoms with van der Waals surface area (Å²) in [4.78, 5) is 0. The van der Waals surface area contributed by atoms with Crippen molar-refractivity contribution in [3.63, 3.8) is 0 Å². The maximum atomic E-state index is 4.09. The Morgan fingerprint density at radius 3 is 3.20 bits per heavy atom. The Bertz CT molecular complexity index is 223. The molecule has 0 aliphatic heterocycles. The van der Waals surface area contributed by atoms with Gasteiger partial charge in [0, 0.05) is 18.2 Å². The van der Waals surface area contributed by atoms with Crippen LogP contribution < -0.4 is 0 Å². The van der Waals surface area contributed by atoms with Crippen molar-refractivity contribution in [1.82, 2.24) is 9.78 Å². The van der Waals surface area contributed by atoms with Crippen LogP contribution in [0.25, 0.3) is 0 Å². The van der Waals surface area contributed by atoms with Gasteiger partial charge >= 0.3 is 0 Å². The van der Waals surface area contributed by atoms with E-state index in [1.807, 2.05) is 10.7 Å². The van der Waals surface area contributed by atoms with Crippen molar-refractivity contribution in [2.24, 2.45) is 0 Å². The van der Waals surface area contributed by atoms with Gasteiger partial charge in [0.05, 0.1) is 0 Å². The van der Waals surface area contributed by atoms with Gasteiger partial charge in [0.2, 0.25) is 0 Å². The molecule has 1 aromatic heterocycles. The van der Waals surface area contributed by atoms with E-state index < -0.39 is 0 Å². The first kappa shape index (κ1) is 5.96. The molecule has 0 amide bonds. The van der Waals surface area contributed by atoms with Gasteiger partial charge in [-0.25, -0.2) is 0 Å². The zero-order chi connectivity index (χ0) is 6.97. The maximum Gasteiger partial charge on any atom is 0.113 e. The van der Waals surface area contributed by atoms with E-state index in [9.17, 15) is 0 Å². The summed E-state index contributed by atoms with van der Waals surface area (Å²) in [7, 11) is 0. The molecule has 0 saturated heterocycles. The Kier molecular flexibility index (Phi) is 1.26. The second-order valence-electron chi connectivity index (χ2n) is 2.79. The number of aryl methyl sites for hydroxylation is 1. The van der Waals surface area contributed by atoms with Crippen LogP contribution in [0.3, 0.4) is 0 Å². The van der Waals surface area contributed by atoms with Crippen LogP contribution in [0.1, 0.15) is 31.4 Å². The van der Waals surface area contributed by atoms with Crippen molar-refractivity contribution in [2.75, 3.05) is 0 Å².